The van der Waals surface area contributed by atoms with E-state index in [9.17, 15) is 9.59 Å². The van der Waals surface area contributed by atoms with E-state index >= 15 is 0 Å². The van der Waals surface area contributed by atoms with Crippen LogP contribution in [0.15, 0.2) is 0 Å². The summed E-state index contributed by atoms with van der Waals surface area (Å²) < 4.78 is 5.13. The van der Waals surface area contributed by atoms with Gasteiger partial charge in [-0.15, -0.1) is 0 Å². The molecule has 0 aliphatic carbocycles. The first kappa shape index (κ1) is 11.0. The van der Waals surface area contributed by atoms with E-state index in [4.69, 9.17) is 4.74 Å². The normalized spacial score (nSPS) is 20.5. The Hall–Kier alpha value is -1.10. The van der Waals surface area contributed by atoms with Crippen LogP contribution in [0.2, 0.25) is 0 Å². The average Bonchev–Trinajstić information content (AvgIpc) is 2.40. The second-order valence-electron chi connectivity index (χ2n) is 3.51. The van der Waals surface area contributed by atoms with Gasteiger partial charge in [0.05, 0.1) is 0 Å². The van der Waals surface area contributed by atoms with Crippen molar-refractivity contribution in [3.63, 3.8) is 0 Å². The van der Waals surface area contributed by atoms with E-state index in [1.54, 1.807) is 19.1 Å². The lowest BCUT2D eigenvalue weighted by atomic mass is 10.1. The highest BCUT2D eigenvalue weighted by Crippen LogP contribution is 2.32. The molecule has 5 nitrogen and oxygen atoms in total. The van der Waals surface area contributed by atoms with E-state index in [1.165, 1.54) is 5.01 Å². The number of carbonyl (C=O) groups is 2. The molecular formula is C9H16N2O3. The van der Waals surface area contributed by atoms with Gasteiger partial charge >= 0.3 is 11.9 Å². The molecule has 0 aromatic rings. The monoisotopic (exact) mass is 200 g/mol. The number of hydrogen-bond acceptors (Lipinski definition) is 4. The Bertz CT molecular complexity index is 259. The lowest BCUT2D eigenvalue weighted by molar-refractivity contribution is -0.179. The summed E-state index contributed by atoms with van der Waals surface area (Å²) in [7, 11) is 3.44. The van der Waals surface area contributed by atoms with Gasteiger partial charge < -0.3 is 4.74 Å². The lowest BCUT2D eigenvalue weighted by Gasteiger charge is -2.37. The number of amides is 1. The van der Waals surface area contributed by atoms with E-state index in [-0.39, 0.29) is 0 Å². The Balaban J connectivity index is 3.06. The first-order chi connectivity index (χ1) is 6.48. The van der Waals surface area contributed by atoms with Crippen molar-refractivity contribution >= 4 is 11.9 Å². The Morgan fingerprint density at radius 3 is 2.07 bits per heavy atom. The molecular weight excluding hydrogens is 184 g/mol. The van der Waals surface area contributed by atoms with Crippen molar-refractivity contribution in [2.75, 3.05) is 14.1 Å². The second-order valence-corrected chi connectivity index (χ2v) is 3.51. The van der Waals surface area contributed by atoms with Crippen molar-refractivity contribution in [2.45, 2.75) is 32.4 Å². The molecule has 1 fully saturated rings. The van der Waals surface area contributed by atoms with Crippen LogP contribution in [0.25, 0.3) is 0 Å². The molecule has 0 radical (unpaired) electrons. The average molecular weight is 200 g/mol. The molecule has 0 spiro atoms. The minimum atomic E-state index is -0.780. The van der Waals surface area contributed by atoms with Crippen LogP contribution >= 0.6 is 0 Å². The zero-order valence-electron chi connectivity index (χ0n) is 9.03. The quantitative estimate of drug-likeness (QED) is 0.487. The van der Waals surface area contributed by atoms with Crippen LogP contribution in [0.5, 0.6) is 0 Å². The van der Waals surface area contributed by atoms with Gasteiger partial charge in [0, 0.05) is 26.9 Å². The van der Waals surface area contributed by atoms with E-state index in [1.807, 2.05) is 13.8 Å². The highest BCUT2D eigenvalue weighted by atomic mass is 16.6. The van der Waals surface area contributed by atoms with Crippen molar-refractivity contribution in [2.24, 2.45) is 0 Å². The van der Waals surface area contributed by atoms with Gasteiger partial charge in [0.2, 0.25) is 5.72 Å². The third-order valence-corrected chi connectivity index (χ3v) is 2.54. The number of nitrogens with zero attached hydrogens (tertiary/aromatic N) is 2. The zero-order valence-corrected chi connectivity index (χ0v) is 9.03. The molecule has 0 N–H and O–H groups in total. The molecule has 0 aromatic carbocycles. The molecule has 80 valence electrons. The summed E-state index contributed by atoms with van der Waals surface area (Å²) in [6, 6.07) is 0. The van der Waals surface area contributed by atoms with Gasteiger partial charge in [0.1, 0.15) is 0 Å². The van der Waals surface area contributed by atoms with Crippen LogP contribution in [-0.4, -0.2) is 41.7 Å². The fourth-order valence-corrected chi connectivity index (χ4v) is 1.77. The predicted molar refractivity (Wildman–Crippen MR) is 49.9 cm³/mol. The van der Waals surface area contributed by atoms with Gasteiger partial charge in [-0.1, -0.05) is 13.8 Å². The molecule has 0 saturated carbocycles. The minimum Gasteiger partial charge on any atom is -0.430 e. The molecule has 0 aromatic heterocycles. The molecule has 1 aliphatic rings. The third kappa shape index (κ3) is 1.37. The number of ether oxygens (including phenoxy) is 1. The second kappa shape index (κ2) is 3.57. The van der Waals surface area contributed by atoms with Gasteiger partial charge in [-0.2, -0.15) is 0 Å². The molecule has 5 heteroatoms. The first-order valence-corrected chi connectivity index (χ1v) is 4.73. The van der Waals surface area contributed by atoms with Gasteiger partial charge in [-0.05, 0) is 0 Å². The maximum absolute atomic E-state index is 11.5. The number of hydrazine groups is 1. The summed E-state index contributed by atoms with van der Waals surface area (Å²) >= 11 is 0. The predicted octanol–water partition coefficient (Wildman–Crippen LogP) is 0.365. The van der Waals surface area contributed by atoms with Gasteiger partial charge in [0.25, 0.3) is 0 Å². The maximum Gasteiger partial charge on any atom is 0.400 e. The number of carbonyl (C=O) groups excluding carboxylic acids is 2. The van der Waals surface area contributed by atoms with Crippen LogP contribution in [0, 0.1) is 0 Å². The Morgan fingerprint density at radius 2 is 1.79 bits per heavy atom. The molecule has 1 heterocycles. The van der Waals surface area contributed by atoms with Crippen LogP contribution in [0.4, 0.5) is 0 Å². The number of hydrogen-bond donors (Lipinski definition) is 0. The van der Waals surface area contributed by atoms with Crippen LogP contribution in [-0.2, 0) is 14.3 Å². The highest BCUT2D eigenvalue weighted by molar-refractivity contribution is 6.34. The first-order valence-electron chi connectivity index (χ1n) is 4.73. The number of esters is 1. The minimum absolute atomic E-state index is 0.585. The van der Waals surface area contributed by atoms with E-state index in [0.29, 0.717) is 12.8 Å². The maximum atomic E-state index is 11.5. The lowest BCUT2D eigenvalue weighted by Crippen LogP contribution is -2.52. The summed E-state index contributed by atoms with van der Waals surface area (Å²) in [5.41, 5.74) is -0.780. The Labute approximate surface area is 83.6 Å². The third-order valence-electron chi connectivity index (χ3n) is 2.54. The largest absolute Gasteiger partial charge is 0.430 e. The topological polar surface area (TPSA) is 49.9 Å². The SMILES string of the molecule is CCC1(CC)OC(=O)C(=O)N1N(C)C. The summed E-state index contributed by atoms with van der Waals surface area (Å²) in [5.74, 6) is -1.35. The Morgan fingerprint density at radius 1 is 1.29 bits per heavy atom. The van der Waals surface area contributed by atoms with Crippen molar-refractivity contribution in [3.05, 3.63) is 0 Å². The fraction of sp³-hybridized carbons (Fsp3) is 0.778. The van der Waals surface area contributed by atoms with Gasteiger partial charge in [-0.25, -0.2) is 14.8 Å². The van der Waals surface area contributed by atoms with Crippen molar-refractivity contribution in [1.29, 1.82) is 0 Å². The van der Waals surface area contributed by atoms with Gasteiger partial charge in [0.15, 0.2) is 0 Å². The van der Waals surface area contributed by atoms with Crippen molar-refractivity contribution in [1.82, 2.24) is 10.0 Å². The number of cyclic esters (lactones) is 1. The molecule has 1 saturated heterocycles. The summed E-state index contributed by atoms with van der Waals surface area (Å²) in [5, 5.41) is 2.98. The summed E-state index contributed by atoms with van der Waals surface area (Å²) in [4.78, 5) is 22.7. The molecule has 0 atom stereocenters. The smallest absolute Gasteiger partial charge is 0.400 e. The molecule has 1 aliphatic heterocycles. The summed E-state index contributed by atoms with van der Waals surface area (Å²) in [6.45, 7) is 3.79. The van der Waals surface area contributed by atoms with E-state index in [0.717, 1.165) is 0 Å². The van der Waals surface area contributed by atoms with E-state index in [2.05, 4.69) is 0 Å². The zero-order chi connectivity index (χ0) is 10.9. The summed E-state index contributed by atoms with van der Waals surface area (Å²) in [6.07, 6.45) is 1.19. The van der Waals surface area contributed by atoms with Gasteiger partial charge in [-0.3, -0.25) is 4.79 Å². The number of rotatable bonds is 3. The highest BCUT2D eigenvalue weighted by Gasteiger charge is 2.52. The van der Waals surface area contributed by atoms with Crippen molar-refractivity contribution < 1.29 is 14.3 Å². The van der Waals surface area contributed by atoms with Crippen molar-refractivity contribution in [3.8, 4) is 0 Å². The van der Waals surface area contributed by atoms with Crippen LogP contribution in [0.1, 0.15) is 26.7 Å². The molecule has 0 unspecified atom stereocenters. The molecule has 0 bridgehead atoms. The van der Waals surface area contributed by atoms with E-state index < -0.39 is 17.6 Å². The van der Waals surface area contributed by atoms with Crippen LogP contribution < -0.4 is 0 Å². The molecule has 1 amide bonds. The molecule has 1 rings (SSSR count). The van der Waals surface area contributed by atoms with Crippen LogP contribution in [0.3, 0.4) is 0 Å². The molecule has 14 heavy (non-hydrogen) atoms. The standard InChI is InChI=1S/C9H16N2O3/c1-5-9(6-2)11(10(3)4)7(12)8(13)14-9/h5-6H2,1-4H3. The fourth-order valence-electron chi connectivity index (χ4n) is 1.77. The Kier molecular flexibility index (Phi) is 2.80.